The lowest BCUT2D eigenvalue weighted by molar-refractivity contribution is -0.0456. The van der Waals surface area contributed by atoms with E-state index in [1.54, 1.807) is 0 Å². The van der Waals surface area contributed by atoms with Crippen molar-refractivity contribution in [1.82, 2.24) is 0 Å². The second kappa shape index (κ2) is 5.41. The molecule has 1 aromatic carbocycles. The van der Waals surface area contributed by atoms with Crippen molar-refractivity contribution < 1.29 is 43.2 Å². The molecule has 0 saturated heterocycles. The van der Waals surface area contributed by atoms with Crippen LogP contribution in [-0.2, 0) is 26.1 Å². The number of rotatable bonds is 3. The third-order valence-corrected chi connectivity index (χ3v) is 5.90. The quantitative estimate of drug-likeness (QED) is 0.768. The highest BCUT2D eigenvalue weighted by atomic mass is 32.2. The van der Waals surface area contributed by atoms with Crippen LogP contribution in [0.3, 0.4) is 0 Å². The Balaban J connectivity index is 3.96. The van der Waals surface area contributed by atoms with Crippen molar-refractivity contribution in [3.8, 4) is 0 Å². The smallest absolute Gasteiger partial charge is 0.214 e. The molecule has 0 bridgehead atoms. The average Bonchev–Trinajstić information content (AvgIpc) is 2.34. The molecule has 0 unspecified atom stereocenters. The van der Waals surface area contributed by atoms with Crippen LogP contribution in [0.1, 0.15) is 12.5 Å². The topological polar surface area (TPSA) is 68.3 Å². The van der Waals surface area contributed by atoms with Gasteiger partial charge in [-0.15, -0.1) is 0 Å². The maximum absolute atomic E-state index is 12.6. The molecule has 0 atom stereocenters. The molecular weight excluding hydrogens is 362 g/mol. The largest absolute Gasteiger partial charge is 0.501 e. The Kier molecular flexibility index (Phi) is 4.61. The van der Waals surface area contributed by atoms with Crippen LogP contribution in [0.25, 0.3) is 0 Å². The monoisotopic (exact) mass is 370 g/mol. The van der Waals surface area contributed by atoms with Gasteiger partial charge in [-0.1, -0.05) is 19.1 Å². The van der Waals surface area contributed by atoms with E-state index in [2.05, 4.69) is 0 Å². The molecule has 0 saturated carbocycles. The van der Waals surface area contributed by atoms with E-state index in [0.29, 0.717) is 0 Å². The van der Waals surface area contributed by atoms with E-state index in [9.17, 15) is 43.2 Å². The van der Waals surface area contributed by atoms with Crippen molar-refractivity contribution in [1.29, 1.82) is 0 Å². The van der Waals surface area contributed by atoms with E-state index < -0.39 is 52.5 Å². The van der Waals surface area contributed by atoms with Crippen LogP contribution in [0.5, 0.6) is 0 Å². The first-order chi connectivity index (χ1) is 9.68. The summed E-state index contributed by atoms with van der Waals surface area (Å²) in [6, 6.07) is 1.74. The molecule has 1 aromatic rings. The van der Waals surface area contributed by atoms with Gasteiger partial charge in [0.2, 0.25) is 0 Å². The zero-order chi connectivity index (χ0) is 17.6. The van der Waals surface area contributed by atoms with Crippen molar-refractivity contribution in [3.63, 3.8) is 0 Å². The fourth-order valence-electron chi connectivity index (χ4n) is 1.60. The number of alkyl halides is 6. The molecule has 126 valence electrons. The summed E-state index contributed by atoms with van der Waals surface area (Å²) in [5, 5.41) is 0. The number of halogens is 6. The van der Waals surface area contributed by atoms with E-state index in [1.807, 2.05) is 0 Å². The minimum atomic E-state index is -6.27. The average molecular weight is 370 g/mol. The van der Waals surface area contributed by atoms with Crippen LogP contribution in [0.2, 0.25) is 0 Å². The zero-order valence-corrected chi connectivity index (χ0v) is 12.3. The lowest BCUT2D eigenvalue weighted by Crippen LogP contribution is -2.30. The molecular formula is C10H8F6O4S2. The molecule has 0 aliphatic rings. The van der Waals surface area contributed by atoms with Crippen LogP contribution in [0, 0.1) is 0 Å². The molecule has 12 heteroatoms. The van der Waals surface area contributed by atoms with Crippen molar-refractivity contribution >= 4 is 19.7 Å². The molecule has 4 nitrogen and oxygen atoms in total. The van der Waals surface area contributed by atoms with Gasteiger partial charge in [0.1, 0.15) is 0 Å². The Morgan fingerprint density at radius 3 is 1.68 bits per heavy atom. The van der Waals surface area contributed by atoms with Gasteiger partial charge in [0.25, 0.3) is 19.7 Å². The maximum Gasteiger partial charge on any atom is 0.501 e. The Morgan fingerprint density at radius 2 is 1.32 bits per heavy atom. The van der Waals surface area contributed by atoms with E-state index in [1.165, 1.54) is 6.92 Å². The second-order valence-corrected chi connectivity index (χ2v) is 7.78. The van der Waals surface area contributed by atoms with Crippen molar-refractivity contribution in [3.05, 3.63) is 23.8 Å². The van der Waals surface area contributed by atoms with Crippen LogP contribution in [0.15, 0.2) is 28.0 Å². The summed E-state index contributed by atoms with van der Waals surface area (Å²) in [6.07, 6.45) is -0.411. The summed E-state index contributed by atoms with van der Waals surface area (Å²) in [6.45, 7) is 1.18. The van der Waals surface area contributed by atoms with Crippen molar-refractivity contribution in [2.24, 2.45) is 0 Å². The third-order valence-electron chi connectivity index (χ3n) is 2.61. The summed E-state index contributed by atoms with van der Waals surface area (Å²) in [5.41, 5.74) is -12.5. The Bertz CT molecular complexity index is 775. The highest BCUT2D eigenvalue weighted by molar-refractivity contribution is 7.95. The van der Waals surface area contributed by atoms with Crippen LogP contribution >= 0.6 is 0 Å². The molecule has 1 rings (SSSR count). The zero-order valence-electron chi connectivity index (χ0n) is 10.7. The molecule has 0 N–H and O–H groups in total. The van der Waals surface area contributed by atoms with Crippen molar-refractivity contribution in [2.45, 2.75) is 34.2 Å². The minimum Gasteiger partial charge on any atom is -0.214 e. The summed E-state index contributed by atoms with van der Waals surface area (Å²) in [4.78, 5) is -3.82. The molecule has 0 aliphatic heterocycles. The van der Waals surface area contributed by atoms with Gasteiger partial charge >= 0.3 is 11.0 Å². The molecule has 0 spiro atoms. The first-order valence-corrected chi connectivity index (χ1v) is 8.39. The maximum atomic E-state index is 12.6. The van der Waals surface area contributed by atoms with Crippen LogP contribution in [0.4, 0.5) is 26.3 Å². The molecule has 0 heterocycles. The minimum absolute atomic E-state index is 0.181. The number of hydrogen-bond acceptors (Lipinski definition) is 4. The summed E-state index contributed by atoms with van der Waals surface area (Å²) in [5.74, 6) is 0. The highest BCUT2D eigenvalue weighted by Crippen LogP contribution is 2.40. The normalized spacial score (nSPS) is 14.1. The van der Waals surface area contributed by atoms with Crippen LogP contribution in [-0.4, -0.2) is 27.9 Å². The first kappa shape index (κ1) is 18.7. The van der Waals surface area contributed by atoms with Gasteiger partial charge in [0, 0.05) is 0 Å². The van der Waals surface area contributed by atoms with Gasteiger partial charge in [-0.25, -0.2) is 16.8 Å². The van der Waals surface area contributed by atoms with E-state index >= 15 is 0 Å². The standard InChI is InChI=1S/C10H8F6O4S2/c1-2-6-4-3-5-7(21(17,18)9(11,12)13)8(6)22(19,20)10(14,15)16/h3-5H,2H2,1H3. The predicted molar refractivity (Wildman–Crippen MR) is 62.3 cm³/mol. The van der Waals surface area contributed by atoms with Gasteiger partial charge in [0.15, 0.2) is 0 Å². The van der Waals surface area contributed by atoms with Gasteiger partial charge < -0.3 is 0 Å². The fraction of sp³-hybridized carbons (Fsp3) is 0.400. The van der Waals surface area contributed by atoms with E-state index in [-0.39, 0.29) is 6.07 Å². The number of hydrogen-bond donors (Lipinski definition) is 0. The lowest BCUT2D eigenvalue weighted by atomic mass is 10.2. The fourth-order valence-corrected chi connectivity index (χ4v) is 4.26. The Morgan fingerprint density at radius 1 is 0.864 bits per heavy atom. The van der Waals surface area contributed by atoms with Crippen LogP contribution < -0.4 is 0 Å². The SMILES string of the molecule is CCc1cccc(S(=O)(=O)C(F)(F)F)c1S(=O)(=O)C(F)(F)F. The summed E-state index contributed by atoms with van der Waals surface area (Å²) in [7, 11) is -12.5. The Labute approximate surface area is 121 Å². The number of aryl methyl sites for hydroxylation is 1. The van der Waals surface area contributed by atoms with Gasteiger partial charge in [0.05, 0.1) is 9.79 Å². The van der Waals surface area contributed by atoms with Gasteiger partial charge in [-0.05, 0) is 18.1 Å². The lowest BCUT2D eigenvalue weighted by Gasteiger charge is -2.17. The summed E-state index contributed by atoms with van der Waals surface area (Å²) >= 11 is 0. The number of benzene rings is 1. The van der Waals surface area contributed by atoms with E-state index in [0.717, 1.165) is 12.1 Å². The molecule has 0 radical (unpaired) electrons. The molecule has 0 amide bonds. The number of sulfone groups is 2. The molecule has 0 aromatic heterocycles. The van der Waals surface area contributed by atoms with Crippen molar-refractivity contribution in [2.75, 3.05) is 0 Å². The second-order valence-electron chi connectivity index (χ2n) is 4.00. The van der Waals surface area contributed by atoms with Gasteiger partial charge in [-0.3, -0.25) is 0 Å². The molecule has 0 aliphatic carbocycles. The summed E-state index contributed by atoms with van der Waals surface area (Å²) < 4.78 is 121. The predicted octanol–water partition coefficient (Wildman–Crippen LogP) is 2.84. The Hall–Kier alpha value is -1.30. The van der Waals surface area contributed by atoms with E-state index in [4.69, 9.17) is 0 Å². The molecule has 22 heavy (non-hydrogen) atoms. The third kappa shape index (κ3) is 2.93. The molecule has 0 fully saturated rings. The highest BCUT2D eigenvalue weighted by Gasteiger charge is 2.54. The first-order valence-electron chi connectivity index (χ1n) is 5.42. The van der Waals surface area contributed by atoms with Gasteiger partial charge in [-0.2, -0.15) is 26.3 Å².